The Morgan fingerprint density at radius 1 is 1.42 bits per heavy atom. The highest BCUT2D eigenvalue weighted by atomic mass is 79.9. The van der Waals surface area contributed by atoms with E-state index in [1.54, 1.807) is 0 Å². The minimum absolute atomic E-state index is 0.0679. The van der Waals surface area contributed by atoms with Gasteiger partial charge in [-0.1, -0.05) is 22.9 Å². The Bertz CT molecular complexity index is 396. The first-order chi connectivity index (χ1) is 9.04. The summed E-state index contributed by atoms with van der Waals surface area (Å²) in [5.41, 5.74) is -0.0734. The summed E-state index contributed by atoms with van der Waals surface area (Å²) in [7, 11) is 0. The molecule has 0 radical (unpaired) electrons. The highest BCUT2D eigenvalue weighted by Crippen LogP contribution is 2.52. The molecule has 3 aliphatic rings. The number of nitrogens with zero attached hydrogens (tertiary/aromatic N) is 1. The third-order valence-corrected chi connectivity index (χ3v) is 6.30. The average Bonchev–Trinajstić information content (AvgIpc) is 2.70. The van der Waals surface area contributed by atoms with E-state index in [1.807, 2.05) is 6.92 Å². The summed E-state index contributed by atoms with van der Waals surface area (Å²) in [6.45, 7) is 11.4. The lowest BCUT2D eigenvalue weighted by Crippen LogP contribution is -2.52. The number of halogens is 1. The highest BCUT2D eigenvalue weighted by Gasteiger charge is 2.58. The minimum atomic E-state index is -0.0734. The summed E-state index contributed by atoms with van der Waals surface area (Å²) in [6.07, 6.45) is 5.98. The van der Waals surface area contributed by atoms with Gasteiger partial charge in [0.1, 0.15) is 0 Å². The van der Waals surface area contributed by atoms with Crippen LogP contribution in [-0.2, 0) is 9.47 Å². The second kappa shape index (κ2) is 5.02. The van der Waals surface area contributed by atoms with Crippen LogP contribution in [0.25, 0.3) is 4.85 Å². The standard InChI is InChI=1S/C15H22BrNO2/c1-9(17-3)6-11-4-5-14-15(19-11)7-12(16)10(2)13(8-15)18-14/h9-14H,4-8H2,1-2H3/t9-,10-,11-,12+,13-,14+,15+/m1/s1. The number of alkyl halides is 1. The average molecular weight is 328 g/mol. The van der Waals surface area contributed by atoms with Crippen molar-refractivity contribution < 1.29 is 9.47 Å². The van der Waals surface area contributed by atoms with Crippen molar-refractivity contribution in [3.05, 3.63) is 11.4 Å². The first-order valence-electron chi connectivity index (χ1n) is 7.38. The topological polar surface area (TPSA) is 22.8 Å². The molecular formula is C15H22BrNO2. The Labute approximate surface area is 124 Å². The minimum Gasteiger partial charge on any atom is -0.372 e. The van der Waals surface area contributed by atoms with Crippen molar-refractivity contribution >= 4 is 15.9 Å². The van der Waals surface area contributed by atoms with Gasteiger partial charge in [-0.15, -0.1) is 0 Å². The Kier molecular flexibility index (Phi) is 3.66. The maximum absolute atomic E-state index is 7.11. The van der Waals surface area contributed by atoms with Gasteiger partial charge in [0, 0.05) is 24.6 Å². The van der Waals surface area contributed by atoms with Gasteiger partial charge in [-0.2, -0.15) is 0 Å². The van der Waals surface area contributed by atoms with Crippen molar-refractivity contribution in [3.63, 3.8) is 0 Å². The molecule has 2 bridgehead atoms. The largest absolute Gasteiger partial charge is 0.372 e. The molecule has 0 aromatic heterocycles. The van der Waals surface area contributed by atoms with E-state index in [0.29, 0.717) is 16.8 Å². The molecule has 0 aromatic rings. The van der Waals surface area contributed by atoms with Crippen LogP contribution in [0.4, 0.5) is 0 Å². The van der Waals surface area contributed by atoms with Crippen LogP contribution in [-0.4, -0.2) is 34.8 Å². The van der Waals surface area contributed by atoms with E-state index in [1.165, 1.54) is 0 Å². The molecule has 2 saturated heterocycles. The first kappa shape index (κ1) is 13.9. The number of fused-ring (bicyclic) bond motifs is 1. The van der Waals surface area contributed by atoms with Crippen molar-refractivity contribution in [1.29, 1.82) is 0 Å². The summed E-state index contributed by atoms with van der Waals surface area (Å²) >= 11 is 3.81. The predicted octanol–water partition coefficient (Wildman–Crippen LogP) is 3.56. The molecule has 1 spiro atoms. The Morgan fingerprint density at radius 2 is 2.21 bits per heavy atom. The van der Waals surface area contributed by atoms with Crippen molar-refractivity contribution in [3.8, 4) is 0 Å². The molecule has 19 heavy (non-hydrogen) atoms. The van der Waals surface area contributed by atoms with Crippen LogP contribution < -0.4 is 0 Å². The zero-order valence-corrected chi connectivity index (χ0v) is 13.2. The van der Waals surface area contributed by atoms with E-state index < -0.39 is 0 Å². The predicted molar refractivity (Wildman–Crippen MR) is 77.3 cm³/mol. The van der Waals surface area contributed by atoms with Crippen molar-refractivity contribution in [2.45, 2.75) is 80.7 Å². The first-order valence-corrected chi connectivity index (χ1v) is 8.29. The van der Waals surface area contributed by atoms with Gasteiger partial charge in [-0.25, -0.2) is 6.57 Å². The van der Waals surface area contributed by atoms with E-state index in [9.17, 15) is 0 Å². The summed E-state index contributed by atoms with van der Waals surface area (Å²) in [5, 5.41) is 0. The number of rotatable bonds is 2. The van der Waals surface area contributed by atoms with Gasteiger partial charge < -0.3 is 14.3 Å². The van der Waals surface area contributed by atoms with Gasteiger partial charge in [-0.3, -0.25) is 0 Å². The van der Waals surface area contributed by atoms with E-state index in [4.69, 9.17) is 16.0 Å². The monoisotopic (exact) mass is 327 g/mol. The normalized spacial score (nSPS) is 50.3. The van der Waals surface area contributed by atoms with Gasteiger partial charge >= 0.3 is 0 Å². The lowest BCUT2D eigenvalue weighted by atomic mass is 9.75. The fraction of sp³-hybridized carbons (Fsp3) is 0.933. The maximum atomic E-state index is 7.11. The van der Waals surface area contributed by atoms with E-state index >= 15 is 0 Å². The SMILES string of the molecule is [C-]#[N+][C@H](C)C[C@H]1CC[C@@H]2O[C@@H]3C[C@]2(C[C@H](Br)[C@H]3C)O1. The van der Waals surface area contributed by atoms with E-state index in [0.717, 1.165) is 32.1 Å². The maximum Gasteiger partial charge on any atom is 0.223 e. The highest BCUT2D eigenvalue weighted by molar-refractivity contribution is 9.09. The van der Waals surface area contributed by atoms with Gasteiger partial charge in [0.25, 0.3) is 0 Å². The number of hydrogen-bond acceptors (Lipinski definition) is 2. The van der Waals surface area contributed by atoms with Crippen molar-refractivity contribution in [2.24, 2.45) is 5.92 Å². The number of hydrogen-bond donors (Lipinski definition) is 0. The summed E-state index contributed by atoms with van der Waals surface area (Å²) in [4.78, 5) is 4.10. The van der Waals surface area contributed by atoms with Gasteiger partial charge in [0.05, 0.1) is 23.9 Å². The number of ether oxygens (including phenoxy) is 2. The zero-order valence-electron chi connectivity index (χ0n) is 11.6. The van der Waals surface area contributed by atoms with Crippen molar-refractivity contribution in [1.82, 2.24) is 0 Å². The molecule has 1 aliphatic carbocycles. The quantitative estimate of drug-likeness (QED) is 0.571. The summed E-state index contributed by atoms with van der Waals surface area (Å²) in [5.74, 6) is 0.570. The molecule has 3 rings (SSSR count). The van der Waals surface area contributed by atoms with Crippen LogP contribution in [0, 0.1) is 12.5 Å². The molecule has 3 fully saturated rings. The third kappa shape index (κ3) is 2.34. The molecule has 1 saturated carbocycles. The van der Waals surface area contributed by atoms with Crippen molar-refractivity contribution in [2.75, 3.05) is 0 Å². The molecule has 2 heterocycles. The van der Waals surface area contributed by atoms with Crippen LogP contribution in [0.2, 0.25) is 0 Å². The fourth-order valence-corrected chi connectivity index (χ4v) is 4.85. The van der Waals surface area contributed by atoms with E-state index in [2.05, 4.69) is 27.7 Å². The smallest absolute Gasteiger partial charge is 0.223 e. The molecule has 3 nitrogen and oxygen atoms in total. The fourth-order valence-electron chi connectivity index (χ4n) is 3.96. The van der Waals surface area contributed by atoms with Crippen LogP contribution >= 0.6 is 15.9 Å². The zero-order chi connectivity index (χ0) is 13.6. The Hall–Kier alpha value is -0.110. The van der Waals surface area contributed by atoms with Crippen LogP contribution in [0.5, 0.6) is 0 Å². The molecule has 4 heteroatoms. The summed E-state index contributed by atoms with van der Waals surface area (Å²) < 4.78 is 12.7. The molecule has 0 N–H and O–H groups in total. The van der Waals surface area contributed by atoms with E-state index in [-0.39, 0.29) is 23.9 Å². The molecule has 0 unspecified atom stereocenters. The van der Waals surface area contributed by atoms with Crippen LogP contribution in [0.15, 0.2) is 0 Å². The van der Waals surface area contributed by atoms with Crippen LogP contribution in [0.3, 0.4) is 0 Å². The molecule has 2 aliphatic heterocycles. The second-order valence-electron chi connectivity index (χ2n) is 6.54. The molecule has 7 atom stereocenters. The van der Waals surface area contributed by atoms with Gasteiger partial charge in [-0.05, 0) is 25.2 Å². The Balaban J connectivity index is 1.73. The molecule has 106 valence electrons. The Morgan fingerprint density at radius 3 is 2.95 bits per heavy atom. The molecule has 0 aromatic carbocycles. The molecule has 0 amide bonds. The lowest BCUT2D eigenvalue weighted by Gasteiger charge is -2.44. The van der Waals surface area contributed by atoms with Crippen LogP contribution in [0.1, 0.15) is 46.0 Å². The van der Waals surface area contributed by atoms with Gasteiger partial charge in [0.2, 0.25) is 6.04 Å². The lowest BCUT2D eigenvalue weighted by molar-refractivity contribution is -0.166. The third-order valence-electron chi connectivity index (χ3n) is 5.15. The summed E-state index contributed by atoms with van der Waals surface area (Å²) in [6, 6.07) is 0.0679. The second-order valence-corrected chi connectivity index (χ2v) is 7.72. The van der Waals surface area contributed by atoms with Gasteiger partial charge in [0.15, 0.2) is 0 Å². The molecular weight excluding hydrogens is 306 g/mol.